The highest BCUT2D eigenvalue weighted by Crippen LogP contribution is 2.29. The van der Waals surface area contributed by atoms with Crippen LogP contribution < -0.4 is 10.2 Å². The second kappa shape index (κ2) is 11.4. The zero-order valence-corrected chi connectivity index (χ0v) is 21.2. The SMILES string of the molecule is COc1ccc(/C(C)=N/NC(=O)CSc2nnc(-c3ccc(Cl)cc3)n2-c2ccc(Cl)cc2)cc1. The minimum Gasteiger partial charge on any atom is -0.497 e. The number of carbonyl (C=O) groups excluding carboxylic acids is 1. The van der Waals surface area contributed by atoms with Crippen LogP contribution >= 0.6 is 35.0 Å². The van der Waals surface area contributed by atoms with Crippen LogP contribution in [0.2, 0.25) is 10.0 Å². The molecule has 7 nitrogen and oxygen atoms in total. The summed E-state index contributed by atoms with van der Waals surface area (Å²) < 4.78 is 7.04. The maximum atomic E-state index is 12.5. The molecule has 0 saturated carbocycles. The molecule has 0 radical (unpaired) electrons. The van der Waals surface area contributed by atoms with Gasteiger partial charge in [0.2, 0.25) is 0 Å². The normalized spacial score (nSPS) is 11.4. The van der Waals surface area contributed by atoms with Crippen molar-refractivity contribution in [3.05, 3.63) is 88.4 Å². The molecule has 35 heavy (non-hydrogen) atoms. The predicted octanol–water partition coefficient (Wildman–Crippen LogP) is 5.88. The fraction of sp³-hybridized carbons (Fsp3) is 0.120. The molecule has 10 heteroatoms. The highest BCUT2D eigenvalue weighted by Gasteiger charge is 2.17. The molecule has 1 heterocycles. The van der Waals surface area contributed by atoms with Crippen molar-refractivity contribution in [2.24, 2.45) is 5.10 Å². The predicted molar refractivity (Wildman–Crippen MR) is 141 cm³/mol. The van der Waals surface area contributed by atoms with Crippen LogP contribution in [0.5, 0.6) is 5.75 Å². The topological polar surface area (TPSA) is 81.4 Å². The van der Waals surface area contributed by atoms with Gasteiger partial charge >= 0.3 is 0 Å². The van der Waals surface area contributed by atoms with Gasteiger partial charge in [0.15, 0.2) is 11.0 Å². The Balaban J connectivity index is 1.51. The summed E-state index contributed by atoms with van der Waals surface area (Å²) in [6.07, 6.45) is 0. The number of carbonyl (C=O) groups is 1. The van der Waals surface area contributed by atoms with Crippen LogP contribution in [0.1, 0.15) is 12.5 Å². The lowest BCUT2D eigenvalue weighted by Crippen LogP contribution is -2.21. The van der Waals surface area contributed by atoms with E-state index in [9.17, 15) is 4.79 Å². The average molecular weight is 526 g/mol. The number of hydrazone groups is 1. The number of nitrogens with one attached hydrogen (secondary N) is 1. The van der Waals surface area contributed by atoms with Crippen molar-refractivity contribution in [1.82, 2.24) is 20.2 Å². The Kier molecular flexibility index (Phi) is 8.07. The summed E-state index contributed by atoms with van der Waals surface area (Å²) in [4.78, 5) is 12.5. The number of nitrogens with zero attached hydrogens (tertiary/aromatic N) is 4. The number of aromatic nitrogens is 3. The summed E-state index contributed by atoms with van der Waals surface area (Å²) in [6, 6.07) is 22.1. The molecular formula is C25H21Cl2N5O2S. The number of rotatable bonds is 8. The molecule has 0 spiro atoms. The van der Waals surface area contributed by atoms with Gasteiger partial charge in [-0.05, 0) is 85.3 Å². The van der Waals surface area contributed by atoms with Gasteiger partial charge in [-0.2, -0.15) is 5.10 Å². The van der Waals surface area contributed by atoms with Crippen molar-refractivity contribution < 1.29 is 9.53 Å². The monoisotopic (exact) mass is 525 g/mol. The highest BCUT2D eigenvalue weighted by molar-refractivity contribution is 7.99. The Labute approximate surface area is 217 Å². The van der Waals surface area contributed by atoms with Gasteiger partial charge in [0.05, 0.1) is 18.6 Å². The molecule has 178 valence electrons. The van der Waals surface area contributed by atoms with E-state index in [4.69, 9.17) is 27.9 Å². The number of amides is 1. The fourth-order valence-corrected chi connectivity index (χ4v) is 4.17. The number of benzene rings is 3. The molecule has 1 aromatic heterocycles. The maximum absolute atomic E-state index is 12.5. The smallest absolute Gasteiger partial charge is 0.250 e. The van der Waals surface area contributed by atoms with Gasteiger partial charge in [-0.3, -0.25) is 9.36 Å². The van der Waals surface area contributed by atoms with Gasteiger partial charge < -0.3 is 4.74 Å². The molecule has 3 aromatic carbocycles. The minimum atomic E-state index is -0.262. The Morgan fingerprint density at radius 2 is 1.60 bits per heavy atom. The average Bonchev–Trinajstić information content (AvgIpc) is 3.31. The maximum Gasteiger partial charge on any atom is 0.250 e. The first-order chi connectivity index (χ1) is 16.9. The van der Waals surface area contributed by atoms with Crippen LogP contribution in [-0.2, 0) is 4.79 Å². The van der Waals surface area contributed by atoms with Gasteiger partial charge in [-0.15, -0.1) is 10.2 Å². The third-order valence-electron chi connectivity index (χ3n) is 5.01. The number of hydrogen-bond acceptors (Lipinski definition) is 6. The van der Waals surface area contributed by atoms with Crippen molar-refractivity contribution >= 4 is 46.6 Å². The Morgan fingerprint density at radius 3 is 2.23 bits per heavy atom. The van der Waals surface area contributed by atoms with Crippen molar-refractivity contribution in [3.8, 4) is 22.8 Å². The van der Waals surface area contributed by atoms with E-state index in [2.05, 4.69) is 20.7 Å². The number of ether oxygens (including phenoxy) is 1. The largest absolute Gasteiger partial charge is 0.497 e. The Hall–Kier alpha value is -3.33. The van der Waals surface area contributed by atoms with Crippen LogP contribution in [0, 0.1) is 0 Å². The van der Waals surface area contributed by atoms with E-state index in [1.807, 2.05) is 60.0 Å². The van der Waals surface area contributed by atoms with Crippen molar-refractivity contribution in [2.45, 2.75) is 12.1 Å². The molecule has 0 atom stereocenters. The third-order valence-corrected chi connectivity index (χ3v) is 6.44. The van der Waals surface area contributed by atoms with Gasteiger partial charge in [0.1, 0.15) is 5.75 Å². The molecule has 1 N–H and O–H groups in total. The lowest BCUT2D eigenvalue weighted by molar-refractivity contribution is -0.118. The molecule has 0 aliphatic carbocycles. The molecule has 0 saturated heterocycles. The van der Waals surface area contributed by atoms with Crippen molar-refractivity contribution in [2.75, 3.05) is 12.9 Å². The quantitative estimate of drug-likeness (QED) is 0.176. The molecule has 4 aromatic rings. The van der Waals surface area contributed by atoms with Crippen LogP contribution in [0.3, 0.4) is 0 Å². The van der Waals surface area contributed by atoms with E-state index in [0.29, 0.717) is 26.7 Å². The van der Waals surface area contributed by atoms with E-state index >= 15 is 0 Å². The zero-order chi connectivity index (χ0) is 24.8. The Morgan fingerprint density at radius 1 is 0.971 bits per heavy atom. The van der Waals surface area contributed by atoms with E-state index in [-0.39, 0.29) is 11.7 Å². The van der Waals surface area contributed by atoms with Crippen LogP contribution in [0.15, 0.2) is 83.1 Å². The third kappa shape index (κ3) is 6.22. The number of methoxy groups -OCH3 is 1. The van der Waals surface area contributed by atoms with Gasteiger partial charge in [-0.25, -0.2) is 5.43 Å². The van der Waals surface area contributed by atoms with E-state index < -0.39 is 0 Å². The molecule has 0 bridgehead atoms. The first kappa shape index (κ1) is 24.8. The molecular weight excluding hydrogens is 505 g/mol. The summed E-state index contributed by atoms with van der Waals surface area (Å²) in [7, 11) is 1.61. The van der Waals surface area contributed by atoms with Crippen molar-refractivity contribution in [3.63, 3.8) is 0 Å². The standard InChI is InChI=1S/C25H21Cl2N5O2S/c1-16(17-5-13-22(34-2)14-6-17)28-29-23(33)15-35-25-31-30-24(18-3-7-19(26)8-4-18)32(25)21-11-9-20(27)10-12-21/h3-14H,15H2,1-2H3,(H,29,33)/b28-16+. The van der Waals surface area contributed by atoms with Crippen LogP contribution in [-0.4, -0.2) is 39.2 Å². The molecule has 0 aliphatic rings. The highest BCUT2D eigenvalue weighted by atomic mass is 35.5. The van der Waals surface area contributed by atoms with E-state index in [0.717, 1.165) is 22.6 Å². The fourth-order valence-electron chi connectivity index (χ4n) is 3.18. The lowest BCUT2D eigenvalue weighted by atomic mass is 10.1. The summed E-state index contributed by atoms with van der Waals surface area (Å²) in [5.41, 5.74) is 5.82. The summed E-state index contributed by atoms with van der Waals surface area (Å²) in [5.74, 6) is 1.22. The van der Waals surface area contributed by atoms with E-state index in [1.54, 1.807) is 31.4 Å². The molecule has 0 aliphatic heterocycles. The number of hydrogen-bond donors (Lipinski definition) is 1. The zero-order valence-electron chi connectivity index (χ0n) is 18.9. The summed E-state index contributed by atoms with van der Waals surface area (Å²) in [5, 5.41) is 14.7. The van der Waals surface area contributed by atoms with E-state index in [1.165, 1.54) is 11.8 Å². The number of halogens is 2. The van der Waals surface area contributed by atoms with Gasteiger partial charge in [0, 0.05) is 21.3 Å². The second-order valence-corrected chi connectivity index (χ2v) is 9.19. The van der Waals surface area contributed by atoms with Gasteiger partial charge in [-0.1, -0.05) is 35.0 Å². The molecule has 4 rings (SSSR count). The first-order valence-corrected chi connectivity index (χ1v) is 12.3. The number of thioether (sulfide) groups is 1. The van der Waals surface area contributed by atoms with Gasteiger partial charge in [0.25, 0.3) is 5.91 Å². The molecule has 0 fully saturated rings. The van der Waals surface area contributed by atoms with Crippen LogP contribution in [0.25, 0.3) is 17.1 Å². The van der Waals surface area contributed by atoms with Crippen molar-refractivity contribution in [1.29, 1.82) is 0 Å². The molecule has 0 unspecified atom stereocenters. The Bertz CT molecular complexity index is 1340. The second-order valence-electron chi connectivity index (χ2n) is 7.37. The minimum absolute atomic E-state index is 0.103. The first-order valence-electron chi connectivity index (χ1n) is 10.5. The molecule has 1 amide bonds. The summed E-state index contributed by atoms with van der Waals surface area (Å²) >= 11 is 13.4. The van der Waals surface area contributed by atoms with Crippen LogP contribution in [0.4, 0.5) is 0 Å². The summed E-state index contributed by atoms with van der Waals surface area (Å²) in [6.45, 7) is 1.82. The lowest BCUT2D eigenvalue weighted by Gasteiger charge is -2.10.